The van der Waals surface area contributed by atoms with Crippen LogP contribution in [-0.2, 0) is 13.0 Å². The van der Waals surface area contributed by atoms with E-state index in [0.717, 1.165) is 65.4 Å². The standard InChI is InChI=1S/C28H29N7.ClH/c1-4-5-10-27-30-26(25-16-19(2)15-20(3)29-25)18-35(27)17-21-11-13-22(14-12-21)23-8-6-7-9-24(23)28-31-33-34-32-28;/h6-9,11-16,18H,4-5,10,17H2,1-3H3,(H,31,32,33,34);1H. The van der Waals surface area contributed by atoms with E-state index in [2.05, 4.69) is 87.7 Å². The fraction of sp³-hybridized carbons (Fsp3) is 0.250. The average molecular weight is 500 g/mol. The number of halogens is 1. The lowest BCUT2D eigenvalue weighted by Crippen LogP contribution is -2.04. The highest BCUT2D eigenvalue weighted by Gasteiger charge is 2.13. The lowest BCUT2D eigenvalue weighted by Gasteiger charge is -2.10. The zero-order valence-electron chi connectivity index (χ0n) is 20.8. The normalized spacial score (nSPS) is 10.9. The molecule has 0 aliphatic carbocycles. The molecule has 0 aliphatic heterocycles. The first-order chi connectivity index (χ1) is 17.1. The summed E-state index contributed by atoms with van der Waals surface area (Å²) in [5, 5.41) is 14.6. The summed E-state index contributed by atoms with van der Waals surface area (Å²) in [6.07, 6.45) is 5.35. The first-order valence-corrected chi connectivity index (χ1v) is 12.0. The first-order valence-electron chi connectivity index (χ1n) is 12.0. The summed E-state index contributed by atoms with van der Waals surface area (Å²) < 4.78 is 2.27. The maximum absolute atomic E-state index is 4.98. The van der Waals surface area contributed by atoms with Gasteiger partial charge in [0.1, 0.15) is 11.5 Å². The fourth-order valence-electron chi connectivity index (χ4n) is 4.41. The number of benzene rings is 2. The highest BCUT2D eigenvalue weighted by atomic mass is 35.5. The summed E-state index contributed by atoms with van der Waals surface area (Å²) in [4.78, 5) is 9.71. The van der Waals surface area contributed by atoms with Gasteiger partial charge in [-0.2, -0.15) is 5.21 Å². The van der Waals surface area contributed by atoms with Crippen molar-refractivity contribution in [3.63, 3.8) is 0 Å². The quantitative estimate of drug-likeness (QED) is 0.274. The van der Waals surface area contributed by atoms with Gasteiger partial charge in [0.15, 0.2) is 0 Å². The predicted octanol–water partition coefficient (Wildman–Crippen LogP) is 6.22. The second-order valence-electron chi connectivity index (χ2n) is 8.92. The summed E-state index contributed by atoms with van der Waals surface area (Å²) in [5.41, 5.74) is 8.47. The van der Waals surface area contributed by atoms with Gasteiger partial charge in [0.2, 0.25) is 5.82 Å². The number of aromatic amines is 1. The number of hydrogen-bond donors (Lipinski definition) is 1. The minimum absolute atomic E-state index is 0. The van der Waals surface area contributed by atoms with Gasteiger partial charge in [-0.05, 0) is 59.9 Å². The van der Waals surface area contributed by atoms with E-state index >= 15 is 0 Å². The summed E-state index contributed by atoms with van der Waals surface area (Å²) in [6.45, 7) is 7.11. The van der Waals surface area contributed by atoms with Crippen LogP contribution in [0.5, 0.6) is 0 Å². The average Bonchev–Trinajstić information content (AvgIpc) is 3.53. The van der Waals surface area contributed by atoms with Crippen molar-refractivity contribution in [1.82, 2.24) is 35.2 Å². The van der Waals surface area contributed by atoms with Crippen molar-refractivity contribution in [1.29, 1.82) is 0 Å². The highest BCUT2D eigenvalue weighted by molar-refractivity contribution is 5.85. The van der Waals surface area contributed by atoms with Crippen LogP contribution >= 0.6 is 12.4 Å². The van der Waals surface area contributed by atoms with Crippen LogP contribution in [-0.4, -0.2) is 35.2 Å². The van der Waals surface area contributed by atoms with Gasteiger partial charge < -0.3 is 4.57 Å². The Kier molecular flexibility index (Phi) is 7.90. The maximum Gasteiger partial charge on any atom is 0.205 e. The number of pyridine rings is 1. The topological polar surface area (TPSA) is 85.2 Å². The maximum atomic E-state index is 4.98. The Hall–Kier alpha value is -3.84. The van der Waals surface area contributed by atoms with E-state index in [9.17, 15) is 0 Å². The summed E-state index contributed by atoms with van der Waals surface area (Å²) in [5.74, 6) is 1.70. The van der Waals surface area contributed by atoms with E-state index < -0.39 is 0 Å². The molecule has 3 heterocycles. The molecule has 5 aromatic rings. The molecule has 2 aromatic carbocycles. The van der Waals surface area contributed by atoms with Crippen LogP contribution in [0.4, 0.5) is 0 Å². The molecule has 0 aliphatic rings. The third-order valence-corrected chi connectivity index (χ3v) is 6.10. The molecule has 3 aromatic heterocycles. The van der Waals surface area contributed by atoms with E-state index in [4.69, 9.17) is 9.97 Å². The van der Waals surface area contributed by atoms with Gasteiger partial charge in [0, 0.05) is 30.4 Å². The number of nitrogens with zero attached hydrogens (tertiary/aromatic N) is 6. The second-order valence-corrected chi connectivity index (χ2v) is 8.92. The number of hydrogen-bond acceptors (Lipinski definition) is 5. The van der Waals surface area contributed by atoms with E-state index in [1.165, 1.54) is 11.1 Å². The lowest BCUT2D eigenvalue weighted by molar-refractivity contribution is 0.678. The van der Waals surface area contributed by atoms with Crippen molar-refractivity contribution in [3.05, 3.63) is 89.5 Å². The molecule has 0 saturated carbocycles. The van der Waals surface area contributed by atoms with Crippen LogP contribution in [0.2, 0.25) is 0 Å². The Morgan fingerprint density at radius 1 is 0.889 bits per heavy atom. The molecule has 0 bridgehead atoms. The van der Waals surface area contributed by atoms with Gasteiger partial charge >= 0.3 is 0 Å². The summed E-state index contributed by atoms with van der Waals surface area (Å²) in [6, 6.07) is 21.0. The number of tetrazole rings is 1. The molecule has 36 heavy (non-hydrogen) atoms. The molecule has 184 valence electrons. The smallest absolute Gasteiger partial charge is 0.205 e. The third-order valence-electron chi connectivity index (χ3n) is 6.10. The molecule has 0 radical (unpaired) electrons. The molecule has 5 rings (SSSR count). The van der Waals surface area contributed by atoms with Crippen LogP contribution in [0.3, 0.4) is 0 Å². The van der Waals surface area contributed by atoms with Crippen molar-refractivity contribution in [2.75, 3.05) is 0 Å². The Balaban J connectivity index is 0.00000304. The molecular formula is C28H30ClN7. The highest BCUT2D eigenvalue weighted by Crippen LogP contribution is 2.30. The van der Waals surface area contributed by atoms with Crippen LogP contribution in [0.25, 0.3) is 33.9 Å². The molecule has 8 heteroatoms. The second kappa shape index (κ2) is 11.3. The zero-order chi connectivity index (χ0) is 24.2. The number of aromatic nitrogens is 7. The zero-order valence-corrected chi connectivity index (χ0v) is 21.6. The van der Waals surface area contributed by atoms with Crippen molar-refractivity contribution < 1.29 is 0 Å². The SMILES string of the molecule is CCCCc1nc(-c2cc(C)cc(C)n2)cn1Cc1ccc(-c2ccccc2-c2nn[nH]n2)cc1.Cl. The van der Waals surface area contributed by atoms with E-state index in [1.807, 2.05) is 25.1 Å². The number of unbranched alkanes of at least 4 members (excludes halogenated alkanes) is 1. The molecule has 0 spiro atoms. The minimum Gasteiger partial charge on any atom is -0.330 e. The van der Waals surface area contributed by atoms with Crippen LogP contribution in [0.1, 0.15) is 42.4 Å². The number of rotatable bonds is 8. The van der Waals surface area contributed by atoms with Crippen LogP contribution in [0, 0.1) is 13.8 Å². The molecular weight excluding hydrogens is 470 g/mol. The first kappa shape index (κ1) is 25.3. The lowest BCUT2D eigenvalue weighted by atomic mass is 9.98. The Morgan fingerprint density at radius 3 is 2.36 bits per heavy atom. The summed E-state index contributed by atoms with van der Waals surface area (Å²) >= 11 is 0. The molecule has 0 unspecified atom stereocenters. The van der Waals surface area contributed by atoms with Gasteiger partial charge in [-0.25, -0.2) is 4.98 Å². The summed E-state index contributed by atoms with van der Waals surface area (Å²) in [7, 11) is 0. The van der Waals surface area contributed by atoms with Gasteiger partial charge in [-0.1, -0.05) is 61.9 Å². The molecule has 7 nitrogen and oxygen atoms in total. The van der Waals surface area contributed by atoms with Gasteiger partial charge in [-0.15, -0.1) is 22.6 Å². The third kappa shape index (κ3) is 5.52. The molecule has 0 saturated heterocycles. The number of nitrogens with one attached hydrogen (secondary N) is 1. The van der Waals surface area contributed by atoms with E-state index in [0.29, 0.717) is 5.82 Å². The van der Waals surface area contributed by atoms with Gasteiger partial charge in [0.05, 0.1) is 5.69 Å². The largest absolute Gasteiger partial charge is 0.330 e. The predicted molar refractivity (Wildman–Crippen MR) is 145 cm³/mol. The molecule has 1 N–H and O–H groups in total. The monoisotopic (exact) mass is 499 g/mol. The van der Waals surface area contributed by atoms with Crippen LogP contribution < -0.4 is 0 Å². The molecule has 0 fully saturated rings. The van der Waals surface area contributed by atoms with Gasteiger partial charge in [-0.3, -0.25) is 4.98 Å². The van der Waals surface area contributed by atoms with Crippen molar-refractivity contribution in [2.24, 2.45) is 0 Å². The van der Waals surface area contributed by atoms with E-state index in [1.54, 1.807) is 0 Å². The fourth-order valence-corrected chi connectivity index (χ4v) is 4.41. The number of H-pyrrole nitrogens is 1. The Labute approximate surface area is 217 Å². The number of imidazole rings is 1. The molecule has 0 amide bonds. The Morgan fingerprint density at radius 2 is 1.67 bits per heavy atom. The van der Waals surface area contributed by atoms with Crippen LogP contribution in [0.15, 0.2) is 66.9 Å². The number of aryl methyl sites for hydroxylation is 3. The van der Waals surface area contributed by atoms with Crippen molar-refractivity contribution in [3.8, 4) is 33.9 Å². The van der Waals surface area contributed by atoms with E-state index in [-0.39, 0.29) is 12.4 Å². The van der Waals surface area contributed by atoms with Gasteiger partial charge in [0.25, 0.3) is 0 Å². The van der Waals surface area contributed by atoms with Crippen molar-refractivity contribution in [2.45, 2.75) is 46.6 Å². The van der Waals surface area contributed by atoms with Crippen molar-refractivity contribution >= 4 is 12.4 Å². The Bertz CT molecular complexity index is 1400. The molecule has 0 atom stereocenters. The minimum atomic E-state index is 0.